The van der Waals surface area contributed by atoms with Crippen molar-refractivity contribution < 1.29 is 24.4 Å². The maximum Gasteiger partial charge on any atom is 0.335 e. The molecule has 0 unspecified atom stereocenters. The molecule has 0 radical (unpaired) electrons. The molecule has 3 N–H and O–H groups in total. The van der Waals surface area contributed by atoms with Crippen molar-refractivity contribution in [3.8, 4) is 0 Å². The van der Waals surface area contributed by atoms with Gasteiger partial charge in [0.15, 0.2) is 5.11 Å². The van der Waals surface area contributed by atoms with Crippen LogP contribution in [0.3, 0.4) is 0 Å². The summed E-state index contributed by atoms with van der Waals surface area (Å²) in [6, 6.07) is 8.14. The van der Waals surface area contributed by atoms with Gasteiger partial charge in [-0.05, 0) is 42.5 Å². The lowest BCUT2D eigenvalue weighted by molar-refractivity contribution is -0.384. The molecule has 162 valence electrons. The zero-order valence-electron chi connectivity index (χ0n) is 16.0. The van der Waals surface area contributed by atoms with Crippen LogP contribution in [0.25, 0.3) is 0 Å². The number of carboxylic acids is 1. The highest BCUT2D eigenvalue weighted by atomic mass is 35.5. The average Bonchev–Trinajstić information content (AvgIpc) is 2.75. The maximum atomic E-state index is 12.5. The number of hydrogen-bond acceptors (Lipinski definition) is 7. The molecule has 2 aromatic rings. The Morgan fingerprint density at radius 3 is 2.48 bits per heavy atom. The van der Waals surface area contributed by atoms with Crippen molar-refractivity contribution >= 4 is 57.9 Å². The van der Waals surface area contributed by atoms with E-state index in [1.54, 1.807) is 0 Å². The number of morpholine rings is 1. The Balaban J connectivity index is 1.75. The lowest BCUT2D eigenvalue weighted by Crippen LogP contribution is -2.37. The van der Waals surface area contributed by atoms with Crippen LogP contribution in [0.5, 0.6) is 0 Å². The number of thiocarbonyl (C=S) groups is 1. The minimum absolute atomic E-state index is 0.0182. The number of nitro benzene ring substituents is 1. The molecule has 31 heavy (non-hydrogen) atoms. The predicted octanol–water partition coefficient (Wildman–Crippen LogP) is 2.91. The molecule has 12 heteroatoms. The van der Waals surface area contributed by atoms with Crippen LogP contribution >= 0.6 is 23.8 Å². The Morgan fingerprint density at radius 1 is 1.16 bits per heavy atom. The molecule has 3 rings (SSSR count). The van der Waals surface area contributed by atoms with Crippen LogP contribution in [0.4, 0.5) is 17.1 Å². The number of hydrogen-bond donors (Lipinski definition) is 3. The van der Waals surface area contributed by atoms with Crippen molar-refractivity contribution in [2.45, 2.75) is 0 Å². The number of halogens is 1. The quantitative estimate of drug-likeness (QED) is 0.346. The van der Waals surface area contributed by atoms with Gasteiger partial charge < -0.3 is 20.1 Å². The van der Waals surface area contributed by atoms with E-state index < -0.39 is 16.8 Å². The molecule has 0 atom stereocenters. The number of ether oxygens (including phenoxy) is 1. The molecule has 0 bridgehead atoms. The number of carbonyl (C=O) groups excluding carboxylic acids is 1. The number of nitrogens with zero attached hydrogens (tertiary/aromatic N) is 2. The molecule has 0 spiro atoms. The monoisotopic (exact) mass is 464 g/mol. The van der Waals surface area contributed by atoms with Gasteiger partial charge in [-0.3, -0.25) is 20.2 Å². The van der Waals surface area contributed by atoms with Crippen molar-refractivity contribution in [1.29, 1.82) is 0 Å². The topological polar surface area (TPSA) is 134 Å². The SMILES string of the molecule is O=C(O)c1ccc(Cl)c(NC(=S)NC(=O)c2ccc(N3CCOCC3)c([N+](=O)[O-])c2)c1. The third kappa shape index (κ3) is 5.45. The fourth-order valence-electron chi connectivity index (χ4n) is 2.97. The second kappa shape index (κ2) is 9.69. The van der Waals surface area contributed by atoms with Gasteiger partial charge in [0.1, 0.15) is 5.69 Å². The molecule has 10 nitrogen and oxygen atoms in total. The van der Waals surface area contributed by atoms with Gasteiger partial charge in [0.05, 0.1) is 34.4 Å². The average molecular weight is 465 g/mol. The molecule has 1 amide bonds. The Hall–Kier alpha value is -3.28. The summed E-state index contributed by atoms with van der Waals surface area (Å²) in [4.78, 5) is 36.5. The molecule has 1 heterocycles. The first kappa shape index (κ1) is 22.4. The molecule has 0 aromatic heterocycles. The summed E-state index contributed by atoms with van der Waals surface area (Å²) in [5, 5.41) is 25.7. The first-order valence-electron chi connectivity index (χ1n) is 9.02. The summed E-state index contributed by atoms with van der Waals surface area (Å²) in [5.74, 6) is -1.82. The van der Waals surface area contributed by atoms with E-state index in [0.717, 1.165) is 0 Å². The van der Waals surface area contributed by atoms with E-state index in [1.807, 2.05) is 4.90 Å². The van der Waals surface area contributed by atoms with Gasteiger partial charge in [0.25, 0.3) is 11.6 Å². The number of benzene rings is 2. The van der Waals surface area contributed by atoms with Crippen LogP contribution in [-0.2, 0) is 4.74 Å². The summed E-state index contributed by atoms with van der Waals surface area (Å²) < 4.78 is 5.27. The lowest BCUT2D eigenvalue weighted by atomic mass is 10.1. The van der Waals surface area contributed by atoms with Crippen LogP contribution in [0.2, 0.25) is 5.02 Å². The fraction of sp³-hybridized carbons (Fsp3) is 0.211. The van der Waals surface area contributed by atoms with Crippen LogP contribution in [0.1, 0.15) is 20.7 Å². The molecule has 1 aliphatic rings. The largest absolute Gasteiger partial charge is 0.478 e. The van der Waals surface area contributed by atoms with E-state index in [1.165, 1.54) is 36.4 Å². The number of anilines is 2. The lowest BCUT2D eigenvalue weighted by Gasteiger charge is -2.28. The van der Waals surface area contributed by atoms with Crippen molar-refractivity contribution in [2.24, 2.45) is 0 Å². The van der Waals surface area contributed by atoms with Crippen LogP contribution in [-0.4, -0.2) is 53.3 Å². The van der Waals surface area contributed by atoms with Gasteiger partial charge in [-0.1, -0.05) is 11.6 Å². The third-order valence-electron chi connectivity index (χ3n) is 4.47. The van der Waals surface area contributed by atoms with E-state index in [-0.39, 0.29) is 32.6 Å². The number of carbonyl (C=O) groups is 2. The Bertz CT molecular complexity index is 1060. The maximum absolute atomic E-state index is 12.5. The van der Waals surface area contributed by atoms with Crippen molar-refractivity contribution in [3.05, 3.63) is 62.7 Å². The molecule has 0 saturated carbocycles. The molecular formula is C19H17ClN4O6S. The molecular weight excluding hydrogens is 448 g/mol. The summed E-state index contributed by atoms with van der Waals surface area (Å²) in [6.45, 7) is 1.95. The summed E-state index contributed by atoms with van der Waals surface area (Å²) in [5.41, 5.74) is 0.419. The Kier molecular flexibility index (Phi) is 7.00. The van der Waals surface area contributed by atoms with Crippen molar-refractivity contribution in [1.82, 2.24) is 5.32 Å². The zero-order chi connectivity index (χ0) is 22.5. The highest BCUT2D eigenvalue weighted by molar-refractivity contribution is 7.80. The number of nitro groups is 1. The van der Waals surface area contributed by atoms with Gasteiger partial charge in [0, 0.05) is 24.7 Å². The van der Waals surface area contributed by atoms with Gasteiger partial charge in [0.2, 0.25) is 0 Å². The van der Waals surface area contributed by atoms with Crippen molar-refractivity contribution in [3.63, 3.8) is 0 Å². The first-order valence-corrected chi connectivity index (χ1v) is 9.81. The minimum Gasteiger partial charge on any atom is -0.478 e. The zero-order valence-corrected chi connectivity index (χ0v) is 17.5. The first-order chi connectivity index (χ1) is 14.8. The third-order valence-corrected chi connectivity index (χ3v) is 5.01. The molecule has 0 aliphatic carbocycles. The fourth-order valence-corrected chi connectivity index (χ4v) is 3.33. The van der Waals surface area contributed by atoms with E-state index >= 15 is 0 Å². The number of carboxylic acid groups (broad SMARTS) is 1. The number of rotatable bonds is 5. The van der Waals surface area contributed by atoms with Gasteiger partial charge in [-0.2, -0.15) is 0 Å². The highest BCUT2D eigenvalue weighted by Crippen LogP contribution is 2.30. The molecule has 1 saturated heterocycles. The van der Waals surface area contributed by atoms with Gasteiger partial charge in [-0.25, -0.2) is 4.79 Å². The summed E-state index contributed by atoms with van der Waals surface area (Å²) in [7, 11) is 0. The Labute approximate surface area is 186 Å². The molecule has 1 fully saturated rings. The van der Waals surface area contributed by atoms with Crippen LogP contribution < -0.4 is 15.5 Å². The second-order valence-corrected chi connectivity index (χ2v) is 7.28. The van der Waals surface area contributed by atoms with E-state index in [9.17, 15) is 19.7 Å². The van der Waals surface area contributed by atoms with Crippen molar-refractivity contribution in [2.75, 3.05) is 36.5 Å². The van der Waals surface area contributed by atoms with Gasteiger partial charge in [-0.15, -0.1) is 0 Å². The second-order valence-electron chi connectivity index (χ2n) is 6.47. The minimum atomic E-state index is -1.15. The summed E-state index contributed by atoms with van der Waals surface area (Å²) in [6.07, 6.45) is 0. The number of amides is 1. The normalized spacial score (nSPS) is 13.4. The summed E-state index contributed by atoms with van der Waals surface area (Å²) >= 11 is 11.1. The standard InChI is InChI=1S/C19H17ClN4O6S/c20-13-3-1-12(18(26)27)9-14(13)21-19(31)22-17(25)11-2-4-15(16(10-11)24(28)29)23-5-7-30-8-6-23/h1-4,9-10H,5-8H2,(H,26,27)(H2,21,22,25,31). The Morgan fingerprint density at radius 2 is 1.84 bits per heavy atom. The smallest absolute Gasteiger partial charge is 0.335 e. The van der Waals surface area contributed by atoms with Gasteiger partial charge >= 0.3 is 5.97 Å². The van der Waals surface area contributed by atoms with E-state index in [2.05, 4.69) is 10.6 Å². The number of aromatic carboxylic acids is 1. The van der Waals surface area contributed by atoms with Crippen LogP contribution in [0, 0.1) is 10.1 Å². The predicted molar refractivity (Wildman–Crippen MR) is 118 cm³/mol. The highest BCUT2D eigenvalue weighted by Gasteiger charge is 2.23. The van der Waals surface area contributed by atoms with E-state index in [4.69, 9.17) is 33.7 Å². The van der Waals surface area contributed by atoms with E-state index in [0.29, 0.717) is 32.0 Å². The molecule has 2 aromatic carbocycles. The van der Waals surface area contributed by atoms with Crippen LogP contribution in [0.15, 0.2) is 36.4 Å². The molecule has 1 aliphatic heterocycles. The number of nitrogens with one attached hydrogen (secondary N) is 2.